The number of phenolic OH excluding ortho intramolecular Hbond substituents is 2. The molecule has 0 aromatic heterocycles. The highest BCUT2D eigenvalue weighted by atomic mass is 16.5. The Hall–Kier alpha value is -3.13. The average Bonchev–Trinajstić information content (AvgIpc) is 2.84. The predicted molar refractivity (Wildman–Crippen MR) is 132 cm³/mol. The molecular formula is C27H33NO6. The minimum absolute atomic E-state index is 0.0214. The van der Waals surface area contributed by atoms with Gasteiger partial charge in [0.15, 0.2) is 11.5 Å². The summed E-state index contributed by atoms with van der Waals surface area (Å²) >= 11 is 0. The number of hydrogen-bond acceptors (Lipinski definition) is 7. The monoisotopic (exact) mass is 467 g/mol. The Balaban J connectivity index is 1.84. The molecule has 1 atom stereocenters. The number of rotatable bonds is 13. The summed E-state index contributed by atoms with van der Waals surface area (Å²) in [6.45, 7) is 0.411. The maximum atomic E-state index is 12.8. The molecule has 0 saturated heterocycles. The van der Waals surface area contributed by atoms with E-state index in [-0.39, 0.29) is 36.4 Å². The molecule has 0 saturated carbocycles. The van der Waals surface area contributed by atoms with Crippen LogP contribution in [0.3, 0.4) is 0 Å². The number of Topliss-reactive ketones (excluding diaryl/α,β-unsaturated/α-hetero) is 1. The van der Waals surface area contributed by atoms with Gasteiger partial charge in [-0.1, -0.05) is 24.3 Å². The zero-order valence-electron chi connectivity index (χ0n) is 19.7. The van der Waals surface area contributed by atoms with Crippen LogP contribution in [0.4, 0.5) is 0 Å². The lowest BCUT2D eigenvalue weighted by Gasteiger charge is -2.18. The molecule has 0 aliphatic heterocycles. The molecule has 0 heterocycles. The first-order valence-corrected chi connectivity index (χ1v) is 11.5. The maximum absolute atomic E-state index is 12.8. The van der Waals surface area contributed by atoms with E-state index in [2.05, 4.69) is 5.32 Å². The van der Waals surface area contributed by atoms with Gasteiger partial charge in [0.1, 0.15) is 11.5 Å². The van der Waals surface area contributed by atoms with Crippen molar-refractivity contribution in [1.29, 1.82) is 0 Å². The van der Waals surface area contributed by atoms with E-state index in [9.17, 15) is 15.0 Å². The number of phenols is 2. The Kier molecular flexibility index (Phi) is 9.27. The van der Waals surface area contributed by atoms with E-state index in [1.54, 1.807) is 25.2 Å². The molecule has 0 fully saturated rings. The first-order valence-electron chi connectivity index (χ1n) is 11.5. The number of aryl methyl sites for hydroxylation is 1. The van der Waals surface area contributed by atoms with Crippen LogP contribution in [0.25, 0.3) is 21.9 Å². The maximum Gasteiger partial charge on any atom is 0.168 e. The van der Waals surface area contributed by atoms with Crippen LogP contribution in [-0.2, 0) is 16.0 Å². The number of ether oxygens (including phenoxy) is 2. The molecule has 0 radical (unpaired) electrons. The molecule has 3 rings (SSSR count). The van der Waals surface area contributed by atoms with Gasteiger partial charge in [0.25, 0.3) is 0 Å². The summed E-state index contributed by atoms with van der Waals surface area (Å²) in [5.41, 5.74) is 2.43. The van der Waals surface area contributed by atoms with Crippen molar-refractivity contribution >= 4 is 16.6 Å². The third-order valence-electron chi connectivity index (χ3n) is 5.82. The van der Waals surface area contributed by atoms with Gasteiger partial charge in [-0.25, -0.2) is 0 Å². The van der Waals surface area contributed by atoms with Crippen LogP contribution in [0.1, 0.15) is 31.2 Å². The van der Waals surface area contributed by atoms with E-state index in [0.29, 0.717) is 38.2 Å². The molecule has 0 unspecified atom stereocenters. The molecule has 7 nitrogen and oxygen atoms in total. The van der Waals surface area contributed by atoms with Gasteiger partial charge in [-0.15, -0.1) is 0 Å². The van der Waals surface area contributed by atoms with Crippen molar-refractivity contribution in [1.82, 2.24) is 5.32 Å². The molecule has 3 aromatic carbocycles. The molecular weight excluding hydrogens is 434 g/mol. The number of carbonyl (C=O) groups is 1. The SMILES string of the molecule is CNCO[C@H](CCCO)CC(=O)CCc1ccc(O)c(OC)c1-c1ccc2ccc(O)cc2c1. The first kappa shape index (κ1) is 25.5. The first-order chi connectivity index (χ1) is 16.5. The second-order valence-electron chi connectivity index (χ2n) is 8.29. The summed E-state index contributed by atoms with van der Waals surface area (Å²) in [5, 5.41) is 34.2. The zero-order chi connectivity index (χ0) is 24.5. The van der Waals surface area contributed by atoms with Gasteiger partial charge in [0.05, 0.1) is 19.9 Å². The van der Waals surface area contributed by atoms with E-state index in [1.165, 1.54) is 7.11 Å². The Morgan fingerprint density at radius 2 is 1.85 bits per heavy atom. The summed E-state index contributed by atoms with van der Waals surface area (Å²) in [4.78, 5) is 12.8. The van der Waals surface area contributed by atoms with Crippen molar-refractivity contribution in [3.05, 3.63) is 54.1 Å². The Morgan fingerprint density at radius 3 is 2.59 bits per heavy atom. The lowest BCUT2D eigenvalue weighted by molar-refractivity contribution is -0.122. The standard InChI is InChI=1S/C27H33NO6/c1-28-17-34-24(4-3-13-29)16-23(31)11-8-19-9-12-25(32)27(33-2)26(19)20-6-5-18-7-10-22(30)15-21(18)14-20/h5-7,9-10,12,14-15,24,28-30,32H,3-4,8,11,13,16-17H2,1-2H3/t24-/m1/s1. The van der Waals surface area contributed by atoms with Crippen LogP contribution < -0.4 is 10.1 Å². The van der Waals surface area contributed by atoms with Crippen molar-refractivity contribution in [2.24, 2.45) is 0 Å². The summed E-state index contributed by atoms with van der Waals surface area (Å²) in [5.74, 6) is 0.616. The van der Waals surface area contributed by atoms with Crippen LogP contribution in [0.2, 0.25) is 0 Å². The quantitative estimate of drug-likeness (QED) is 0.280. The number of hydrogen-bond donors (Lipinski definition) is 4. The molecule has 0 aliphatic carbocycles. The minimum atomic E-state index is -0.242. The van der Waals surface area contributed by atoms with Crippen molar-refractivity contribution in [2.45, 2.75) is 38.2 Å². The van der Waals surface area contributed by atoms with Gasteiger partial charge < -0.3 is 24.8 Å². The van der Waals surface area contributed by atoms with Crippen LogP contribution in [0.15, 0.2) is 48.5 Å². The van der Waals surface area contributed by atoms with Gasteiger partial charge >= 0.3 is 0 Å². The molecule has 0 aliphatic rings. The van der Waals surface area contributed by atoms with Gasteiger partial charge in [-0.2, -0.15) is 0 Å². The normalized spacial score (nSPS) is 12.1. The molecule has 3 aromatic rings. The summed E-state index contributed by atoms with van der Waals surface area (Å²) < 4.78 is 11.2. The number of nitrogens with one attached hydrogen (secondary N) is 1. The lowest BCUT2D eigenvalue weighted by Crippen LogP contribution is -2.24. The van der Waals surface area contributed by atoms with Crippen LogP contribution in [-0.4, -0.2) is 54.7 Å². The molecule has 0 spiro atoms. The van der Waals surface area contributed by atoms with Crippen LogP contribution >= 0.6 is 0 Å². The Morgan fingerprint density at radius 1 is 1.06 bits per heavy atom. The number of benzene rings is 3. The number of aliphatic hydroxyl groups excluding tert-OH is 1. The van der Waals surface area contributed by atoms with Crippen LogP contribution in [0.5, 0.6) is 17.2 Å². The topological polar surface area (TPSA) is 108 Å². The third kappa shape index (κ3) is 6.47. The minimum Gasteiger partial charge on any atom is -0.508 e. The second kappa shape index (κ2) is 12.4. The number of aliphatic hydroxyl groups is 1. The highest BCUT2D eigenvalue weighted by Gasteiger charge is 2.19. The molecule has 7 heteroatoms. The fourth-order valence-electron chi connectivity index (χ4n) is 4.13. The molecule has 4 N–H and O–H groups in total. The fourth-order valence-corrected chi connectivity index (χ4v) is 4.13. The van der Waals surface area contributed by atoms with Crippen molar-refractivity contribution < 1.29 is 29.6 Å². The molecule has 0 amide bonds. The van der Waals surface area contributed by atoms with Gasteiger partial charge in [0, 0.05) is 25.0 Å². The van der Waals surface area contributed by atoms with E-state index in [1.807, 2.05) is 30.3 Å². The summed E-state index contributed by atoms with van der Waals surface area (Å²) in [6, 6.07) is 14.4. The van der Waals surface area contributed by atoms with E-state index in [4.69, 9.17) is 14.6 Å². The largest absolute Gasteiger partial charge is 0.508 e. The number of fused-ring (bicyclic) bond motifs is 1. The number of carbonyl (C=O) groups excluding carboxylic acids is 1. The predicted octanol–water partition coefficient (Wildman–Crippen LogP) is 4.15. The Bertz CT molecular complexity index is 1110. The van der Waals surface area contributed by atoms with Gasteiger partial charge in [-0.05, 0) is 72.5 Å². The van der Waals surface area contributed by atoms with Gasteiger partial charge in [-0.3, -0.25) is 10.1 Å². The fraction of sp³-hybridized carbons (Fsp3) is 0.370. The van der Waals surface area contributed by atoms with E-state index in [0.717, 1.165) is 27.5 Å². The van der Waals surface area contributed by atoms with Crippen molar-refractivity contribution in [3.8, 4) is 28.4 Å². The van der Waals surface area contributed by atoms with Crippen LogP contribution in [0, 0.1) is 0 Å². The van der Waals surface area contributed by atoms with E-state index < -0.39 is 0 Å². The lowest BCUT2D eigenvalue weighted by atomic mass is 9.92. The second-order valence-corrected chi connectivity index (χ2v) is 8.29. The van der Waals surface area contributed by atoms with Gasteiger partial charge in [0.2, 0.25) is 0 Å². The number of aromatic hydroxyl groups is 2. The summed E-state index contributed by atoms with van der Waals surface area (Å²) in [7, 11) is 3.28. The highest BCUT2D eigenvalue weighted by Crippen LogP contribution is 2.41. The van der Waals surface area contributed by atoms with E-state index >= 15 is 0 Å². The summed E-state index contributed by atoms with van der Waals surface area (Å²) in [6.07, 6.45) is 2.02. The number of ketones is 1. The molecule has 34 heavy (non-hydrogen) atoms. The van der Waals surface area contributed by atoms with Crippen molar-refractivity contribution in [2.75, 3.05) is 27.5 Å². The highest BCUT2D eigenvalue weighted by molar-refractivity contribution is 5.90. The number of methoxy groups -OCH3 is 1. The smallest absolute Gasteiger partial charge is 0.168 e. The average molecular weight is 468 g/mol. The Labute approximate surface area is 200 Å². The van der Waals surface area contributed by atoms with Crippen molar-refractivity contribution in [3.63, 3.8) is 0 Å². The molecule has 182 valence electrons. The zero-order valence-corrected chi connectivity index (χ0v) is 19.7. The third-order valence-corrected chi connectivity index (χ3v) is 5.82. The molecule has 0 bridgehead atoms.